The van der Waals surface area contributed by atoms with E-state index in [-0.39, 0.29) is 0 Å². The number of ketones is 1. The van der Waals surface area contributed by atoms with E-state index < -0.39 is 0 Å². The van der Waals surface area contributed by atoms with Crippen molar-refractivity contribution in [3.63, 3.8) is 0 Å². The van der Waals surface area contributed by atoms with Gasteiger partial charge in [0.05, 0.1) is 6.54 Å². The summed E-state index contributed by atoms with van der Waals surface area (Å²) in [5.74, 6) is 1.33. The number of piperidine rings is 1. The second-order valence-corrected chi connectivity index (χ2v) is 3.61. The fourth-order valence-corrected chi connectivity index (χ4v) is 1.62. The normalized spacial score (nSPS) is 18.8. The molecule has 0 spiro atoms. The molecule has 0 atom stereocenters. The Balaban J connectivity index is 1.92. The molecule has 0 amide bonds. The molecule has 14 heavy (non-hydrogen) atoms. The van der Waals surface area contributed by atoms with Crippen molar-refractivity contribution in [2.24, 2.45) is 7.05 Å². The van der Waals surface area contributed by atoms with Gasteiger partial charge in [-0.15, -0.1) is 0 Å². The van der Waals surface area contributed by atoms with Gasteiger partial charge in [-0.1, -0.05) is 0 Å². The van der Waals surface area contributed by atoms with Crippen molar-refractivity contribution >= 4 is 5.78 Å². The number of likely N-dealkylation sites (tertiary alicyclic amines) is 1. The molecule has 0 saturated carbocycles. The minimum Gasteiger partial charge on any atom is -0.300 e. The van der Waals surface area contributed by atoms with E-state index in [0.29, 0.717) is 18.6 Å². The molecular weight excluding hydrogens is 180 g/mol. The zero-order chi connectivity index (χ0) is 9.97. The van der Waals surface area contributed by atoms with Crippen LogP contribution in [-0.2, 0) is 18.4 Å². The second kappa shape index (κ2) is 3.88. The second-order valence-electron chi connectivity index (χ2n) is 3.61. The molecule has 1 aromatic rings. The van der Waals surface area contributed by atoms with Gasteiger partial charge >= 0.3 is 0 Å². The van der Waals surface area contributed by atoms with E-state index >= 15 is 0 Å². The summed E-state index contributed by atoms with van der Waals surface area (Å²) in [7, 11) is 1.89. The Hall–Kier alpha value is -1.23. The summed E-state index contributed by atoms with van der Waals surface area (Å²) in [6.07, 6.45) is 2.92. The summed E-state index contributed by atoms with van der Waals surface area (Å²) >= 11 is 0. The number of aromatic nitrogens is 3. The molecule has 1 saturated heterocycles. The number of hydrogen-bond donors (Lipinski definition) is 0. The smallest absolute Gasteiger partial charge is 0.140 e. The summed E-state index contributed by atoms with van der Waals surface area (Å²) in [5.41, 5.74) is 0. The predicted molar refractivity (Wildman–Crippen MR) is 50.5 cm³/mol. The average Bonchev–Trinajstić information content (AvgIpc) is 2.56. The van der Waals surface area contributed by atoms with Crippen molar-refractivity contribution in [3.8, 4) is 0 Å². The van der Waals surface area contributed by atoms with Gasteiger partial charge < -0.3 is 0 Å². The molecule has 1 aliphatic rings. The van der Waals surface area contributed by atoms with Gasteiger partial charge in [-0.25, -0.2) is 4.98 Å². The third-order valence-corrected chi connectivity index (χ3v) is 2.58. The van der Waals surface area contributed by atoms with Gasteiger partial charge in [0, 0.05) is 33.0 Å². The van der Waals surface area contributed by atoms with Crippen LogP contribution in [0.5, 0.6) is 0 Å². The van der Waals surface area contributed by atoms with Gasteiger partial charge in [-0.2, -0.15) is 5.10 Å². The largest absolute Gasteiger partial charge is 0.300 e. The van der Waals surface area contributed by atoms with E-state index in [1.807, 2.05) is 7.05 Å². The molecule has 0 bridgehead atoms. The summed E-state index contributed by atoms with van der Waals surface area (Å²) in [6, 6.07) is 0. The first-order valence-electron chi connectivity index (χ1n) is 4.82. The lowest BCUT2D eigenvalue weighted by atomic mass is 10.1. The maximum Gasteiger partial charge on any atom is 0.140 e. The maximum atomic E-state index is 11.0. The van der Waals surface area contributed by atoms with Gasteiger partial charge in [0.1, 0.15) is 17.9 Å². The highest BCUT2D eigenvalue weighted by atomic mass is 16.1. The van der Waals surface area contributed by atoms with Gasteiger partial charge in [0.15, 0.2) is 0 Å². The third kappa shape index (κ3) is 1.98. The Morgan fingerprint density at radius 1 is 1.43 bits per heavy atom. The highest BCUT2D eigenvalue weighted by molar-refractivity contribution is 5.79. The van der Waals surface area contributed by atoms with E-state index in [1.165, 1.54) is 0 Å². The van der Waals surface area contributed by atoms with Gasteiger partial charge in [-0.3, -0.25) is 14.4 Å². The molecule has 0 N–H and O–H groups in total. The van der Waals surface area contributed by atoms with E-state index in [1.54, 1.807) is 11.0 Å². The zero-order valence-electron chi connectivity index (χ0n) is 8.31. The molecule has 0 aliphatic carbocycles. The molecular formula is C9H14N4O. The molecule has 2 rings (SSSR count). The zero-order valence-corrected chi connectivity index (χ0v) is 8.31. The van der Waals surface area contributed by atoms with Crippen LogP contribution in [0.3, 0.4) is 0 Å². The summed E-state index contributed by atoms with van der Waals surface area (Å²) in [6.45, 7) is 2.50. The molecule has 5 nitrogen and oxygen atoms in total. The number of rotatable bonds is 2. The van der Waals surface area contributed by atoms with Crippen molar-refractivity contribution in [1.29, 1.82) is 0 Å². The monoisotopic (exact) mass is 194 g/mol. The number of Topliss-reactive ketones (excluding diaryl/α,β-unsaturated/α-hetero) is 1. The van der Waals surface area contributed by atoms with Crippen LogP contribution >= 0.6 is 0 Å². The van der Waals surface area contributed by atoms with Crippen molar-refractivity contribution in [3.05, 3.63) is 12.2 Å². The lowest BCUT2D eigenvalue weighted by molar-refractivity contribution is -0.121. The molecule has 1 aromatic heterocycles. The van der Waals surface area contributed by atoms with Crippen LogP contribution in [0.15, 0.2) is 6.33 Å². The Labute approximate surface area is 82.7 Å². The van der Waals surface area contributed by atoms with Gasteiger partial charge in [-0.05, 0) is 0 Å². The summed E-state index contributed by atoms with van der Waals surface area (Å²) in [5, 5.41) is 4.01. The van der Waals surface area contributed by atoms with Gasteiger partial charge in [0.2, 0.25) is 0 Å². The lowest BCUT2D eigenvalue weighted by Gasteiger charge is -2.24. The number of nitrogens with zero attached hydrogens (tertiary/aromatic N) is 4. The quantitative estimate of drug-likeness (QED) is 0.664. The minimum atomic E-state index is 0.374. The van der Waals surface area contributed by atoms with E-state index in [2.05, 4.69) is 15.0 Å². The van der Waals surface area contributed by atoms with Crippen LogP contribution in [0.25, 0.3) is 0 Å². The molecule has 2 heterocycles. The Bertz CT molecular complexity index is 323. The first-order valence-corrected chi connectivity index (χ1v) is 4.82. The molecule has 1 aliphatic heterocycles. The first kappa shape index (κ1) is 9.33. The topological polar surface area (TPSA) is 51.0 Å². The lowest BCUT2D eigenvalue weighted by Crippen LogP contribution is -2.34. The van der Waals surface area contributed by atoms with E-state index in [9.17, 15) is 4.79 Å². The molecule has 5 heteroatoms. The molecule has 76 valence electrons. The Morgan fingerprint density at radius 3 is 2.71 bits per heavy atom. The van der Waals surface area contributed by atoms with Crippen LogP contribution in [0.1, 0.15) is 18.7 Å². The standard InChI is InChI=1S/C9H14N4O/c1-12-9(10-7-11-12)6-13-4-2-8(14)3-5-13/h7H,2-6H2,1H3. The number of hydrogen-bond acceptors (Lipinski definition) is 4. The number of carbonyl (C=O) groups is 1. The van der Waals surface area contributed by atoms with E-state index in [0.717, 1.165) is 25.5 Å². The highest BCUT2D eigenvalue weighted by Crippen LogP contribution is 2.08. The fraction of sp³-hybridized carbons (Fsp3) is 0.667. The van der Waals surface area contributed by atoms with Crippen LogP contribution < -0.4 is 0 Å². The molecule has 0 radical (unpaired) electrons. The van der Waals surface area contributed by atoms with Crippen LogP contribution in [0, 0.1) is 0 Å². The van der Waals surface area contributed by atoms with Crippen molar-refractivity contribution in [1.82, 2.24) is 19.7 Å². The SMILES string of the molecule is Cn1ncnc1CN1CCC(=O)CC1. The van der Waals surface area contributed by atoms with Crippen LogP contribution in [0.4, 0.5) is 0 Å². The predicted octanol–water partition coefficient (Wildman–Crippen LogP) is -0.0200. The third-order valence-electron chi connectivity index (χ3n) is 2.58. The number of carbonyl (C=O) groups excluding carboxylic acids is 1. The van der Waals surface area contributed by atoms with Crippen LogP contribution in [-0.4, -0.2) is 38.5 Å². The van der Waals surface area contributed by atoms with E-state index in [4.69, 9.17) is 0 Å². The molecule has 0 unspecified atom stereocenters. The number of aryl methyl sites for hydroxylation is 1. The molecule has 1 fully saturated rings. The summed E-state index contributed by atoms with van der Waals surface area (Å²) in [4.78, 5) is 17.4. The van der Waals surface area contributed by atoms with Crippen molar-refractivity contribution < 1.29 is 4.79 Å². The van der Waals surface area contributed by atoms with Crippen molar-refractivity contribution in [2.75, 3.05) is 13.1 Å². The Kier molecular flexibility index (Phi) is 2.58. The van der Waals surface area contributed by atoms with Crippen LogP contribution in [0.2, 0.25) is 0 Å². The van der Waals surface area contributed by atoms with Gasteiger partial charge in [0.25, 0.3) is 0 Å². The minimum absolute atomic E-state index is 0.374. The fourth-order valence-electron chi connectivity index (χ4n) is 1.62. The maximum absolute atomic E-state index is 11.0. The van der Waals surface area contributed by atoms with Crippen molar-refractivity contribution in [2.45, 2.75) is 19.4 Å². The molecule has 0 aromatic carbocycles. The Morgan fingerprint density at radius 2 is 2.14 bits per heavy atom. The first-order chi connectivity index (χ1) is 6.75. The average molecular weight is 194 g/mol. The summed E-state index contributed by atoms with van der Waals surface area (Å²) < 4.78 is 1.77. The highest BCUT2D eigenvalue weighted by Gasteiger charge is 2.17.